The smallest absolute Gasteiger partial charge is 0.0394 e. The van der Waals surface area contributed by atoms with Gasteiger partial charge < -0.3 is 16.8 Å². The van der Waals surface area contributed by atoms with Crippen LogP contribution in [0.5, 0.6) is 0 Å². The minimum atomic E-state index is 0.196. The van der Waals surface area contributed by atoms with Crippen molar-refractivity contribution in [3.8, 4) is 0 Å². The topological polar surface area (TPSA) is 64.1 Å². The van der Waals surface area contributed by atoms with E-state index < -0.39 is 0 Å². The first kappa shape index (κ1) is 7.43. The van der Waals surface area contributed by atoms with E-state index >= 15 is 0 Å². The molecule has 0 amide bonds. The minimum Gasteiger partial charge on any atom is -0.398 e. The Kier molecular flexibility index (Phi) is 1.66. The standard InChI is InChI=1S/C9H13N3/c10-6-4-7-8(11)2-1-3-9(7)12-5-6/h1-3,6,12H,4-5,10-11H2. The molecule has 0 saturated heterocycles. The molecule has 3 heteroatoms. The van der Waals surface area contributed by atoms with Gasteiger partial charge in [-0.1, -0.05) is 6.07 Å². The molecule has 0 saturated carbocycles. The molecule has 64 valence electrons. The van der Waals surface area contributed by atoms with Crippen LogP contribution in [0.25, 0.3) is 0 Å². The highest BCUT2D eigenvalue weighted by atomic mass is 14.9. The predicted octanol–water partition coefficient (Wildman–Crippen LogP) is 0.564. The van der Waals surface area contributed by atoms with E-state index in [1.54, 1.807) is 0 Å². The van der Waals surface area contributed by atoms with E-state index in [0.29, 0.717) is 0 Å². The third kappa shape index (κ3) is 1.12. The Bertz CT molecular complexity index is 296. The lowest BCUT2D eigenvalue weighted by Gasteiger charge is -2.24. The van der Waals surface area contributed by atoms with Crippen LogP contribution in [0.2, 0.25) is 0 Å². The maximum absolute atomic E-state index is 5.81. The number of anilines is 2. The Morgan fingerprint density at radius 2 is 2.25 bits per heavy atom. The average Bonchev–Trinajstić information content (AvgIpc) is 2.07. The molecule has 1 aromatic carbocycles. The number of fused-ring (bicyclic) bond motifs is 1. The summed E-state index contributed by atoms with van der Waals surface area (Å²) in [7, 11) is 0. The zero-order valence-electron chi connectivity index (χ0n) is 6.88. The normalized spacial score (nSPS) is 21.2. The number of rotatable bonds is 0. The van der Waals surface area contributed by atoms with Gasteiger partial charge in [0.05, 0.1) is 0 Å². The van der Waals surface area contributed by atoms with Crippen molar-refractivity contribution in [2.75, 3.05) is 17.6 Å². The second kappa shape index (κ2) is 2.68. The van der Waals surface area contributed by atoms with Crippen molar-refractivity contribution in [1.29, 1.82) is 0 Å². The van der Waals surface area contributed by atoms with Gasteiger partial charge in [0.2, 0.25) is 0 Å². The van der Waals surface area contributed by atoms with Crippen molar-refractivity contribution in [3.05, 3.63) is 23.8 Å². The molecular formula is C9H13N3. The van der Waals surface area contributed by atoms with Crippen LogP contribution in [0, 0.1) is 0 Å². The summed E-state index contributed by atoms with van der Waals surface area (Å²) in [6, 6.07) is 6.11. The molecule has 1 unspecified atom stereocenters. The molecule has 2 rings (SSSR count). The fraction of sp³-hybridized carbons (Fsp3) is 0.333. The van der Waals surface area contributed by atoms with Gasteiger partial charge in [-0.3, -0.25) is 0 Å². The SMILES string of the molecule is Nc1cccc2c1CC(N)CN2. The van der Waals surface area contributed by atoms with Crippen LogP contribution in [0.15, 0.2) is 18.2 Å². The summed E-state index contributed by atoms with van der Waals surface area (Å²) in [6.45, 7) is 0.844. The van der Waals surface area contributed by atoms with Gasteiger partial charge in [-0.05, 0) is 24.1 Å². The summed E-state index contributed by atoms with van der Waals surface area (Å²) < 4.78 is 0. The Hall–Kier alpha value is -1.22. The maximum Gasteiger partial charge on any atom is 0.0394 e. The Morgan fingerprint density at radius 1 is 1.42 bits per heavy atom. The average molecular weight is 163 g/mol. The lowest BCUT2D eigenvalue weighted by atomic mass is 9.99. The third-order valence-corrected chi connectivity index (χ3v) is 2.23. The molecule has 0 radical (unpaired) electrons. The van der Waals surface area contributed by atoms with Gasteiger partial charge in [0.25, 0.3) is 0 Å². The van der Waals surface area contributed by atoms with Crippen LogP contribution >= 0.6 is 0 Å². The second-order valence-corrected chi connectivity index (χ2v) is 3.22. The van der Waals surface area contributed by atoms with Crippen LogP contribution in [-0.2, 0) is 6.42 Å². The van der Waals surface area contributed by atoms with E-state index in [1.807, 2.05) is 18.2 Å². The summed E-state index contributed by atoms with van der Waals surface area (Å²) in [5.74, 6) is 0. The molecule has 1 aliphatic heterocycles. The van der Waals surface area contributed by atoms with Gasteiger partial charge in [0, 0.05) is 24.0 Å². The van der Waals surface area contributed by atoms with Crippen molar-refractivity contribution >= 4 is 11.4 Å². The first-order valence-electron chi connectivity index (χ1n) is 4.14. The van der Waals surface area contributed by atoms with E-state index in [-0.39, 0.29) is 6.04 Å². The lowest BCUT2D eigenvalue weighted by molar-refractivity contribution is 0.681. The van der Waals surface area contributed by atoms with Crippen molar-refractivity contribution in [2.24, 2.45) is 5.73 Å². The molecule has 1 atom stereocenters. The number of benzene rings is 1. The van der Waals surface area contributed by atoms with Gasteiger partial charge in [-0.2, -0.15) is 0 Å². The Morgan fingerprint density at radius 3 is 3.08 bits per heavy atom. The molecule has 3 nitrogen and oxygen atoms in total. The van der Waals surface area contributed by atoms with Crippen LogP contribution < -0.4 is 16.8 Å². The van der Waals surface area contributed by atoms with Crippen LogP contribution in [-0.4, -0.2) is 12.6 Å². The summed E-state index contributed by atoms with van der Waals surface area (Å²) >= 11 is 0. The monoisotopic (exact) mass is 163 g/mol. The van der Waals surface area contributed by atoms with Crippen molar-refractivity contribution in [3.63, 3.8) is 0 Å². The number of nitrogens with two attached hydrogens (primary N) is 2. The van der Waals surface area contributed by atoms with Crippen molar-refractivity contribution in [1.82, 2.24) is 0 Å². The number of hydrogen-bond acceptors (Lipinski definition) is 3. The zero-order valence-corrected chi connectivity index (χ0v) is 6.88. The highest BCUT2D eigenvalue weighted by Gasteiger charge is 2.15. The van der Waals surface area contributed by atoms with E-state index in [9.17, 15) is 0 Å². The number of hydrogen-bond donors (Lipinski definition) is 3. The molecule has 1 aliphatic rings. The van der Waals surface area contributed by atoms with Gasteiger partial charge in [0.1, 0.15) is 0 Å². The molecule has 1 heterocycles. The van der Waals surface area contributed by atoms with Crippen molar-refractivity contribution < 1.29 is 0 Å². The number of nitrogens with one attached hydrogen (secondary N) is 1. The van der Waals surface area contributed by atoms with E-state index in [0.717, 1.165) is 29.9 Å². The quantitative estimate of drug-likeness (QED) is 0.490. The molecule has 1 aromatic rings. The molecule has 12 heavy (non-hydrogen) atoms. The molecule has 0 aliphatic carbocycles. The minimum absolute atomic E-state index is 0.196. The zero-order chi connectivity index (χ0) is 8.55. The van der Waals surface area contributed by atoms with Gasteiger partial charge in [0.15, 0.2) is 0 Å². The summed E-state index contributed by atoms with van der Waals surface area (Å²) in [6.07, 6.45) is 0.884. The van der Waals surface area contributed by atoms with Crippen LogP contribution in [0.1, 0.15) is 5.56 Å². The lowest BCUT2D eigenvalue weighted by Crippen LogP contribution is -2.35. The summed E-state index contributed by atoms with van der Waals surface area (Å²) in [5, 5.41) is 3.25. The fourth-order valence-corrected chi connectivity index (χ4v) is 1.57. The highest BCUT2D eigenvalue weighted by Crippen LogP contribution is 2.26. The highest BCUT2D eigenvalue weighted by molar-refractivity contribution is 5.65. The van der Waals surface area contributed by atoms with E-state index in [4.69, 9.17) is 11.5 Å². The summed E-state index contributed by atoms with van der Waals surface area (Å²) in [4.78, 5) is 0. The Labute approximate surface area is 71.8 Å². The second-order valence-electron chi connectivity index (χ2n) is 3.22. The first-order valence-corrected chi connectivity index (χ1v) is 4.14. The molecule has 0 spiro atoms. The third-order valence-electron chi connectivity index (χ3n) is 2.23. The van der Waals surface area contributed by atoms with Crippen molar-refractivity contribution in [2.45, 2.75) is 12.5 Å². The largest absolute Gasteiger partial charge is 0.398 e. The molecule has 5 N–H and O–H groups in total. The van der Waals surface area contributed by atoms with Gasteiger partial charge in [-0.25, -0.2) is 0 Å². The van der Waals surface area contributed by atoms with Gasteiger partial charge in [-0.15, -0.1) is 0 Å². The molecule has 0 aromatic heterocycles. The number of nitrogen functional groups attached to an aromatic ring is 1. The fourth-order valence-electron chi connectivity index (χ4n) is 1.57. The summed E-state index contributed by atoms with van der Waals surface area (Å²) in [5.41, 5.74) is 14.8. The van der Waals surface area contributed by atoms with E-state index in [1.165, 1.54) is 0 Å². The molecule has 0 bridgehead atoms. The first-order chi connectivity index (χ1) is 5.77. The van der Waals surface area contributed by atoms with E-state index in [2.05, 4.69) is 5.32 Å². The Balaban J connectivity index is 2.43. The maximum atomic E-state index is 5.81. The predicted molar refractivity (Wildman–Crippen MR) is 51.0 cm³/mol. The molecule has 0 fully saturated rings. The van der Waals surface area contributed by atoms with Gasteiger partial charge >= 0.3 is 0 Å². The molecular weight excluding hydrogens is 150 g/mol. The van der Waals surface area contributed by atoms with Crippen LogP contribution in [0.4, 0.5) is 11.4 Å². The van der Waals surface area contributed by atoms with Crippen LogP contribution in [0.3, 0.4) is 0 Å².